The van der Waals surface area contributed by atoms with Crippen LogP contribution in [0.15, 0.2) is 22.7 Å². The van der Waals surface area contributed by atoms with Crippen molar-refractivity contribution in [1.82, 2.24) is 4.90 Å². The maximum Gasteiger partial charge on any atom is 0.254 e. The Labute approximate surface area is 117 Å². The zero-order valence-corrected chi connectivity index (χ0v) is 12.4. The molecule has 2 atom stereocenters. The minimum Gasteiger partial charge on any atom is -0.338 e. The fourth-order valence-electron chi connectivity index (χ4n) is 2.40. The molecule has 2 nitrogen and oxygen atoms in total. The summed E-state index contributed by atoms with van der Waals surface area (Å²) in [6.07, 6.45) is 1.33. The van der Waals surface area contributed by atoms with E-state index in [0.29, 0.717) is 0 Å². The Kier molecular flexibility index (Phi) is 2.74. The van der Waals surface area contributed by atoms with Crippen molar-refractivity contribution < 1.29 is 4.79 Å². The molecular weight excluding hydrogens is 381 g/mol. The van der Waals surface area contributed by atoms with Gasteiger partial charge in [0.2, 0.25) is 0 Å². The number of carbonyl (C=O) groups excluding carboxylic acids is 1. The first-order valence-electron chi connectivity index (χ1n) is 5.39. The minimum absolute atomic E-state index is 0.193. The number of amides is 1. The smallest absolute Gasteiger partial charge is 0.254 e. The van der Waals surface area contributed by atoms with Crippen LogP contribution in [0.2, 0.25) is 0 Å². The van der Waals surface area contributed by atoms with Crippen molar-refractivity contribution in [3.8, 4) is 0 Å². The van der Waals surface area contributed by atoms with Crippen LogP contribution >= 0.6 is 38.5 Å². The molecule has 0 spiro atoms. The summed E-state index contributed by atoms with van der Waals surface area (Å²) in [4.78, 5) is 14.3. The molecule has 84 valence electrons. The quantitative estimate of drug-likeness (QED) is 0.673. The first-order valence-corrected chi connectivity index (χ1v) is 7.26. The lowest BCUT2D eigenvalue weighted by molar-refractivity contribution is 0.0774. The number of carbonyl (C=O) groups is 1. The molecule has 0 N–H and O–H groups in total. The van der Waals surface area contributed by atoms with E-state index < -0.39 is 0 Å². The molecule has 1 saturated carbocycles. The maximum absolute atomic E-state index is 12.3. The Morgan fingerprint density at radius 1 is 1.38 bits per heavy atom. The third-order valence-corrected chi connectivity index (χ3v) is 4.86. The Morgan fingerprint density at radius 3 is 2.75 bits per heavy atom. The molecule has 16 heavy (non-hydrogen) atoms. The molecule has 2 unspecified atom stereocenters. The molecular formula is C12H11BrINO. The number of nitrogens with zero attached hydrogens (tertiary/aromatic N) is 1. The second-order valence-corrected chi connectivity index (χ2v) is 6.67. The van der Waals surface area contributed by atoms with Gasteiger partial charge in [-0.25, -0.2) is 0 Å². The topological polar surface area (TPSA) is 20.3 Å². The highest BCUT2D eigenvalue weighted by Crippen LogP contribution is 2.45. The molecule has 4 heteroatoms. The second-order valence-electron chi connectivity index (χ2n) is 4.59. The molecule has 3 rings (SSSR count). The normalized spacial score (nSPS) is 26.8. The molecule has 1 aliphatic carbocycles. The minimum atomic E-state index is 0.193. The van der Waals surface area contributed by atoms with Gasteiger partial charge in [0.25, 0.3) is 5.91 Å². The summed E-state index contributed by atoms with van der Waals surface area (Å²) in [7, 11) is 0. The average molecular weight is 392 g/mol. The summed E-state index contributed by atoms with van der Waals surface area (Å²) >= 11 is 5.65. The fraction of sp³-hybridized carbons (Fsp3) is 0.417. The summed E-state index contributed by atoms with van der Waals surface area (Å²) in [6, 6.07) is 5.88. The van der Waals surface area contributed by atoms with E-state index >= 15 is 0 Å². The largest absolute Gasteiger partial charge is 0.338 e. The van der Waals surface area contributed by atoms with Crippen molar-refractivity contribution in [3.63, 3.8) is 0 Å². The van der Waals surface area contributed by atoms with Gasteiger partial charge in [0.05, 0.1) is 5.56 Å². The van der Waals surface area contributed by atoms with Crippen molar-refractivity contribution >= 4 is 44.4 Å². The van der Waals surface area contributed by atoms with E-state index in [4.69, 9.17) is 0 Å². The molecule has 1 aliphatic heterocycles. The molecule has 0 aromatic heterocycles. The van der Waals surface area contributed by atoms with Crippen molar-refractivity contribution in [2.75, 3.05) is 13.1 Å². The van der Waals surface area contributed by atoms with E-state index in [1.165, 1.54) is 6.42 Å². The summed E-state index contributed by atoms with van der Waals surface area (Å²) in [5, 5.41) is 0. The summed E-state index contributed by atoms with van der Waals surface area (Å²) < 4.78 is 2.01. The number of likely N-dealkylation sites (tertiary alicyclic amines) is 1. The Bertz CT molecular complexity index is 452. The number of benzene rings is 1. The number of piperidine rings is 1. The predicted molar refractivity (Wildman–Crippen MR) is 74.4 cm³/mol. The molecule has 0 bridgehead atoms. The highest BCUT2D eigenvalue weighted by molar-refractivity contribution is 14.1. The van der Waals surface area contributed by atoms with Crippen molar-refractivity contribution in [1.29, 1.82) is 0 Å². The van der Waals surface area contributed by atoms with E-state index in [0.717, 1.165) is 38.5 Å². The van der Waals surface area contributed by atoms with Crippen LogP contribution in [-0.4, -0.2) is 23.9 Å². The van der Waals surface area contributed by atoms with E-state index in [1.807, 2.05) is 23.1 Å². The lowest BCUT2D eigenvalue weighted by Gasteiger charge is -2.18. The van der Waals surface area contributed by atoms with Crippen molar-refractivity contribution in [2.45, 2.75) is 6.42 Å². The second kappa shape index (κ2) is 3.98. The molecule has 1 aromatic carbocycles. The van der Waals surface area contributed by atoms with E-state index in [1.54, 1.807) is 0 Å². The van der Waals surface area contributed by atoms with Crippen LogP contribution in [0.3, 0.4) is 0 Å². The van der Waals surface area contributed by atoms with Gasteiger partial charge in [0, 0.05) is 21.1 Å². The number of rotatable bonds is 1. The molecule has 1 aromatic rings. The van der Waals surface area contributed by atoms with Crippen LogP contribution in [0, 0.1) is 15.4 Å². The first-order chi connectivity index (χ1) is 7.65. The van der Waals surface area contributed by atoms with Crippen LogP contribution < -0.4 is 0 Å². The zero-order chi connectivity index (χ0) is 11.3. The van der Waals surface area contributed by atoms with Crippen LogP contribution in [0.4, 0.5) is 0 Å². The van der Waals surface area contributed by atoms with Crippen molar-refractivity contribution in [3.05, 3.63) is 31.8 Å². The fourth-order valence-corrected chi connectivity index (χ4v) is 3.32. The SMILES string of the molecule is O=C(c1cc(Br)ccc1I)N1CC2CC2C1. The van der Waals surface area contributed by atoms with Gasteiger partial charge < -0.3 is 4.90 Å². The number of hydrogen-bond acceptors (Lipinski definition) is 1. The van der Waals surface area contributed by atoms with E-state index in [-0.39, 0.29) is 5.91 Å². The van der Waals surface area contributed by atoms with Crippen LogP contribution in [-0.2, 0) is 0 Å². The third-order valence-electron chi connectivity index (χ3n) is 3.42. The molecule has 1 heterocycles. The Morgan fingerprint density at radius 2 is 2.06 bits per heavy atom. The van der Waals surface area contributed by atoms with E-state index in [2.05, 4.69) is 38.5 Å². The summed E-state index contributed by atoms with van der Waals surface area (Å²) in [5.41, 5.74) is 0.830. The predicted octanol–water partition coefficient (Wildman–Crippen LogP) is 3.15. The standard InChI is InChI=1S/C12H11BrINO/c13-9-1-2-11(14)10(4-9)12(16)15-5-7-3-8(7)6-15/h1-2,4,7-8H,3,5-6H2. The number of fused-ring (bicyclic) bond motifs is 1. The Balaban J connectivity index is 1.85. The lowest BCUT2D eigenvalue weighted by Crippen LogP contribution is -2.30. The first kappa shape index (κ1) is 11.0. The highest BCUT2D eigenvalue weighted by Gasteiger charge is 2.46. The molecule has 0 radical (unpaired) electrons. The highest BCUT2D eigenvalue weighted by atomic mass is 127. The van der Waals surface area contributed by atoms with Gasteiger partial charge in [-0.3, -0.25) is 4.79 Å². The van der Waals surface area contributed by atoms with Crippen LogP contribution in [0.5, 0.6) is 0 Å². The van der Waals surface area contributed by atoms with Gasteiger partial charge >= 0.3 is 0 Å². The third kappa shape index (κ3) is 1.90. The maximum atomic E-state index is 12.3. The van der Waals surface area contributed by atoms with Gasteiger partial charge in [-0.05, 0) is 59.0 Å². The van der Waals surface area contributed by atoms with Gasteiger partial charge in [-0.1, -0.05) is 15.9 Å². The van der Waals surface area contributed by atoms with Gasteiger partial charge in [0.15, 0.2) is 0 Å². The number of hydrogen-bond donors (Lipinski definition) is 0. The van der Waals surface area contributed by atoms with E-state index in [9.17, 15) is 4.79 Å². The van der Waals surface area contributed by atoms with Crippen LogP contribution in [0.1, 0.15) is 16.8 Å². The zero-order valence-electron chi connectivity index (χ0n) is 8.62. The molecule has 2 aliphatic rings. The molecule has 1 amide bonds. The average Bonchev–Trinajstić information content (AvgIpc) is 2.88. The van der Waals surface area contributed by atoms with Gasteiger partial charge in [0.1, 0.15) is 0 Å². The summed E-state index contributed by atoms with van der Waals surface area (Å²) in [6.45, 7) is 1.93. The Hall–Kier alpha value is -0.100. The molecule has 2 fully saturated rings. The van der Waals surface area contributed by atoms with Gasteiger partial charge in [-0.2, -0.15) is 0 Å². The number of halogens is 2. The summed E-state index contributed by atoms with van der Waals surface area (Å²) in [5.74, 6) is 1.79. The lowest BCUT2D eigenvalue weighted by atomic mass is 10.2. The van der Waals surface area contributed by atoms with Crippen molar-refractivity contribution in [2.24, 2.45) is 11.8 Å². The monoisotopic (exact) mass is 391 g/mol. The van der Waals surface area contributed by atoms with Crippen LogP contribution in [0.25, 0.3) is 0 Å². The molecule has 1 saturated heterocycles. The van der Waals surface area contributed by atoms with Gasteiger partial charge in [-0.15, -0.1) is 0 Å².